The van der Waals surface area contributed by atoms with E-state index in [0.717, 1.165) is 21.3 Å². The summed E-state index contributed by atoms with van der Waals surface area (Å²) in [6.45, 7) is 8.10. The largest absolute Gasteiger partial charge is 0.462 e. The smallest absolute Gasteiger partial charge is 0.348 e. The summed E-state index contributed by atoms with van der Waals surface area (Å²) in [5.41, 5.74) is 1.84. The zero-order valence-electron chi connectivity index (χ0n) is 16.8. The standard InChI is InChI=1S/C21H23N3O3S2/c1-5-27-21(26)17-12(2)16-19(23-14(4)24-20(16)29-17)28-13(3)18(25)22-11-15-9-7-6-8-10-15/h6-10,13H,5,11H2,1-4H3,(H,22,25)/t13-/m0/s1. The minimum Gasteiger partial charge on any atom is -0.462 e. The van der Waals surface area contributed by atoms with Crippen LogP contribution in [0.5, 0.6) is 0 Å². The van der Waals surface area contributed by atoms with Crippen LogP contribution < -0.4 is 5.32 Å². The zero-order chi connectivity index (χ0) is 21.0. The van der Waals surface area contributed by atoms with E-state index in [1.807, 2.05) is 51.1 Å². The number of rotatable bonds is 7. The Hall–Kier alpha value is -2.45. The van der Waals surface area contributed by atoms with Gasteiger partial charge in [-0.1, -0.05) is 42.1 Å². The minimum atomic E-state index is -0.352. The first-order valence-corrected chi connectivity index (χ1v) is 11.0. The zero-order valence-corrected chi connectivity index (χ0v) is 18.4. The van der Waals surface area contributed by atoms with Gasteiger partial charge in [0.2, 0.25) is 5.91 Å². The molecular formula is C21H23N3O3S2. The van der Waals surface area contributed by atoms with Gasteiger partial charge in [0.25, 0.3) is 0 Å². The average molecular weight is 430 g/mol. The molecule has 8 heteroatoms. The van der Waals surface area contributed by atoms with Crippen LogP contribution in [0.2, 0.25) is 0 Å². The van der Waals surface area contributed by atoms with Crippen LogP contribution in [0.1, 0.15) is 40.5 Å². The third-order valence-electron chi connectivity index (χ3n) is 4.30. The summed E-state index contributed by atoms with van der Waals surface area (Å²) >= 11 is 2.68. The number of hydrogen-bond acceptors (Lipinski definition) is 7. The Balaban J connectivity index is 1.81. The van der Waals surface area contributed by atoms with E-state index in [9.17, 15) is 9.59 Å². The van der Waals surface area contributed by atoms with Gasteiger partial charge in [-0.15, -0.1) is 11.3 Å². The molecule has 1 atom stereocenters. The molecule has 0 bridgehead atoms. The lowest BCUT2D eigenvalue weighted by Gasteiger charge is -2.13. The summed E-state index contributed by atoms with van der Waals surface area (Å²) in [7, 11) is 0. The number of carbonyl (C=O) groups excluding carboxylic acids is 2. The SMILES string of the molecule is CCOC(=O)c1sc2nc(C)nc(S[C@@H](C)C(=O)NCc3ccccc3)c2c1C. The first-order valence-electron chi connectivity index (χ1n) is 9.33. The second-order valence-electron chi connectivity index (χ2n) is 6.50. The van der Waals surface area contributed by atoms with Gasteiger partial charge in [-0.05, 0) is 38.8 Å². The molecule has 2 aromatic heterocycles. The van der Waals surface area contributed by atoms with Gasteiger partial charge in [-0.3, -0.25) is 4.79 Å². The van der Waals surface area contributed by atoms with Gasteiger partial charge in [0.05, 0.1) is 11.9 Å². The van der Waals surface area contributed by atoms with Crippen LogP contribution in [0.25, 0.3) is 10.2 Å². The van der Waals surface area contributed by atoms with Gasteiger partial charge in [0.1, 0.15) is 20.6 Å². The Morgan fingerprint density at radius 1 is 1.21 bits per heavy atom. The molecule has 1 N–H and O–H groups in total. The Bertz CT molecular complexity index is 1030. The topological polar surface area (TPSA) is 81.2 Å². The number of thioether (sulfide) groups is 1. The maximum atomic E-state index is 12.6. The predicted octanol–water partition coefficient (Wildman–Crippen LogP) is 4.28. The average Bonchev–Trinajstić information content (AvgIpc) is 3.03. The molecule has 0 unspecified atom stereocenters. The molecule has 6 nitrogen and oxygen atoms in total. The Labute approximate surface area is 178 Å². The van der Waals surface area contributed by atoms with Crippen molar-refractivity contribution in [2.24, 2.45) is 0 Å². The number of aryl methyl sites for hydroxylation is 2. The summed E-state index contributed by atoms with van der Waals surface area (Å²) in [5, 5.41) is 4.14. The molecule has 0 aliphatic carbocycles. The lowest BCUT2D eigenvalue weighted by Crippen LogP contribution is -2.30. The normalized spacial score (nSPS) is 12.0. The van der Waals surface area contributed by atoms with Gasteiger partial charge in [-0.25, -0.2) is 14.8 Å². The van der Waals surface area contributed by atoms with Crippen LogP contribution in [0.3, 0.4) is 0 Å². The molecule has 29 heavy (non-hydrogen) atoms. The Morgan fingerprint density at radius 3 is 2.62 bits per heavy atom. The number of amides is 1. The lowest BCUT2D eigenvalue weighted by atomic mass is 10.2. The molecule has 0 fully saturated rings. The van der Waals surface area contributed by atoms with Crippen LogP contribution in [0, 0.1) is 13.8 Å². The van der Waals surface area contributed by atoms with Crippen molar-refractivity contribution in [3.8, 4) is 0 Å². The molecule has 0 saturated heterocycles. The van der Waals surface area contributed by atoms with Gasteiger partial charge >= 0.3 is 5.97 Å². The maximum absolute atomic E-state index is 12.6. The summed E-state index contributed by atoms with van der Waals surface area (Å²) in [6.07, 6.45) is 0. The third-order valence-corrected chi connectivity index (χ3v) is 6.55. The fourth-order valence-corrected chi connectivity index (χ4v) is 5.09. The van der Waals surface area contributed by atoms with Crippen molar-refractivity contribution in [3.05, 3.63) is 52.2 Å². The van der Waals surface area contributed by atoms with Crippen molar-refractivity contribution >= 4 is 45.2 Å². The molecule has 3 rings (SSSR count). The Kier molecular flexibility index (Phi) is 6.87. The van der Waals surface area contributed by atoms with Crippen LogP contribution >= 0.6 is 23.1 Å². The molecule has 2 heterocycles. The van der Waals surface area contributed by atoms with Crippen molar-refractivity contribution in [1.29, 1.82) is 0 Å². The number of ether oxygens (including phenoxy) is 1. The summed E-state index contributed by atoms with van der Waals surface area (Å²) < 4.78 is 5.15. The van der Waals surface area contributed by atoms with Crippen LogP contribution in [-0.4, -0.2) is 33.7 Å². The van der Waals surface area contributed by atoms with E-state index in [1.165, 1.54) is 23.1 Å². The van der Waals surface area contributed by atoms with Gasteiger partial charge in [0.15, 0.2) is 0 Å². The monoisotopic (exact) mass is 429 g/mol. The number of esters is 1. The van der Waals surface area contributed by atoms with E-state index in [-0.39, 0.29) is 17.1 Å². The number of aromatic nitrogens is 2. The quantitative estimate of drug-likeness (QED) is 0.343. The predicted molar refractivity (Wildman–Crippen MR) is 116 cm³/mol. The van der Waals surface area contributed by atoms with Crippen molar-refractivity contribution in [2.45, 2.75) is 44.5 Å². The van der Waals surface area contributed by atoms with Crippen LogP contribution in [-0.2, 0) is 16.1 Å². The molecule has 1 aromatic carbocycles. The second kappa shape index (κ2) is 9.37. The van der Waals surface area contributed by atoms with E-state index in [1.54, 1.807) is 6.92 Å². The molecule has 0 saturated carbocycles. The number of carbonyl (C=O) groups is 2. The number of nitrogens with zero attached hydrogens (tertiary/aromatic N) is 2. The minimum absolute atomic E-state index is 0.0678. The molecular weight excluding hydrogens is 406 g/mol. The lowest BCUT2D eigenvalue weighted by molar-refractivity contribution is -0.120. The summed E-state index contributed by atoms with van der Waals surface area (Å²) in [5.74, 6) is 0.186. The first-order chi connectivity index (χ1) is 13.9. The van der Waals surface area contributed by atoms with Crippen molar-refractivity contribution in [2.75, 3.05) is 6.61 Å². The number of hydrogen-bond donors (Lipinski definition) is 1. The maximum Gasteiger partial charge on any atom is 0.348 e. The second-order valence-corrected chi connectivity index (χ2v) is 8.82. The van der Waals surface area contributed by atoms with Crippen molar-refractivity contribution < 1.29 is 14.3 Å². The molecule has 0 aliphatic rings. The highest BCUT2D eigenvalue weighted by molar-refractivity contribution is 8.00. The highest BCUT2D eigenvalue weighted by Crippen LogP contribution is 2.37. The van der Waals surface area contributed by atoms with Crippen molar-refractivity contribution in [1.82, 2.24) is 15.3 Å². The van der Waals surface area contributed by atoms with E-state index < -0.39 is 0 Å². The number of fused-ring (bicyclic) bond motifs is 1. The van der Waals surface area contributed by atoms with E-state index in [2.05, 4.69) is 15.3 Å². The van der Waals surface area contributed by atoms with Crippen molar-refractivity contribution in [3.63, 3.8) is 0 Å². The summed E-state index contributed by atoms with van der Waals surface area (Å²) in [6, 6.07) is 9.78. The van der Waals surface area contributed by atoms with Crippen LogP contribution in [0.15, 0.2) is 35.4 Å². The third kappa shape index (κ3) is 4.94. The highest BCUT2D eigenvalue weighted by Gasteiger charge is 2.23. The van der Waals surface area contributed by atoms with E-state index in [4.69, 9.17) is 4.74 Å². The molecule has 3 aromatic rings. The first kappa shape index (κ1) is 21.3. The number of nitrogens with one attached hydrogen (secondary N) is 1. The van der Waals surface area contributed by atoms with Gasteiger partial charge in [-0.2, -0.15) is 0 Å². The van der Waals surface area contributed by atoms with Gasteiger partial charge < -0.3 is 10.1 Å². The van der Waals surface area contributed by atoms with E-state index in [0.29, 0.717) is 28.9 Å². The molecule has 152 valence electrons. The highest BCUT2D eigenvalue weighted by atomic mass is 32.2. The fraction of sp³-hybridized carbons (Fsp3) is 0.333. The number of thiophene rings is 1. The fourth-order valence-electron chi connectivity index (χ4n) is 2.83. The molecule has 1 amide bonds. The molecule has 0 aliphatic heterocycles. The molecule has 0 radical (unpaired) electrons. The molecule has 0 spiro atoms. The van der Waals surface area contributed by atoms with E-state index >= 15 is 0 Å². The Morgan fingerprint density at radius 2 is 1.93 bits per heavy atom. The van der Waals surface area contributed by atoms with Gasteiger partial charge in [0, 0.05) is 11.9 Å². The van der Waals surface area contributed by atoms with Crippen LogP contribution in [0.4, 0.5) is 0 Å². The summed E-state index contributed by atoms with van der Waals surface area (Å²) in [4.78, 5) is 35.1. The number of benzene rings is 1.